The van der Waals surface area contributed by atoms with Gasteiger partial charge < -0.3 is 4.57 Å². The Morgan fingerprint density at radius 3 is 2.64 bits per heavy atom. The number of nitrogens with zero attached hydrogens (tertiary/aromatic N) is 2. The monoisotopic (exact) mass is 258 g/mol. The fraction of sp³-hybridized carbons (Fsp3) is 0.727. The summed E-state index contributed by atoms with van der Waals surface area (Å²) in [6.45, 7) is 7.60. The Balaban J connectivity index is 2.41. The van der Waals surface area contributed by atoms with Crippen molar-refractivity contribution in [1.29, 1.82) is 0 Å². The van der Waals surface area contributed by atoms with E-state index in [1.54, 1.807) is 0 Å². The van der Waals surface area contributed by atoms with Crippen molar-refractivity contribution in [3.63, 3.8) is 0 Å². The molecule has 0 fully saturated rings. The number of hydrogen-bond donors (Lipinski definition) is 0. The van der Waals surface area contributed by atoms with E-state index in [9.17, 15) is 0 Å². The molecule has 0 radical (unpaired) electrons. The van der Waals surface area contributed by atoms with E-state index in [4.69, 9.17) is 0 Å². The molecule has 1 aromatic rings. The number of halogens is 1. The van der Waals surface area contributed by atoms with Crippen molar-refractivity contribution in [2.45, 2.75) is 40.2 Å². The minimum atomic E-state index is 0.788. The molecule has 0 aromatic carbocycles. The third-order valence-electron chi connectivity index (χ3n) is 2.81. The lowest BCUT2D eigenvalue weighted by Crippen LogP contribution is -2.04. The molecule has 3 heteroatoms. The standard InChI is InChI=1S/C11H19BrN2/c1-9(4-6-12)5-7-14-8-13-10(2)11(14)3/h8-9H,4-7H2,1-3H3. The molecule has 1 unspecified atom stereocenters. The lowest BCUT2D eigenvalue weighted by Gasteiger charge is -2.10. The number of hydrogen-bond acceptors (Lipinski definition) is 1. The maximum atomic E-state index is 4.29. The van der Waals surface area contributed by atoms with Gasteiger partial charge in [-0.05, 0) is 32.6 Å². The first-order valence-electron chi connectivity index (χ1n) is 5.19. The third kappa shape index (κ3) is 3.12. The van der Waals surface area contributed by atoms with Crippen LogP contribution in [0.15, 0.2) is 6.33 Å². The first kappa shape index (κ1) is 11.8. The van der Waals surface area contributed by atoms with Gasteiger partial charge in [-0.25, -0.2) is 4.98 Å². The SMILES string of the molecule is Cc1ncn(CCC(C)CCBr)c1C. The third-order valence-corrected chi connectivity index (χ3v) is 3.27. The second-order valence-electron chi connectivity index (χ2n) is 3.98. The minimum Gasteiger partial charge on any atom is -0.335 e. The van der Waals surface area contributed by atoms with Gasteiger partial charge in [0.1, 0.15) is 0 Å². The first-order valence-corrected chi connectivity index (χ1v) is 6.31. The van der Waals surface area contributed by atoms with Crippen LogP contribution in [-0.2, 0) is 6.54 Å². The minimum absolute atomic E-state index is 0.788. The Hall–Kier alpha value is -0.310. The lowest BCUT2D eigenvalue weighted by molar-refractivity contribution is 0.468. The summed E-state index contributed by atoms with van der Waals surface area (Å²) in [6, 6.07) is 0. The van der Waals surface area contributed by atoms with Crippen LogP contribution in [0.1, 0.15) is 31.2 Å². The fourth-order valence-corrected chi connectivity index (χ4v) is 2.24. The zero-order valence-corrected chi connectivity index (χ0v) is 10.8. The normalized spacial score (nSPS) is 13.1. The molecule has 0 N–H and O–H groups in total. The maximum absolute atomic E-state index is 4.29. The van der Waals surface area contributed by atoms with Crippen molar-refractivity contribution in [3.8, 4) is 0 Å². The average molecular weight is 259 g/mol. The molecule has 14 heavy (non-hydrogen) atoms. The summed E-state index contributed by atoms with van der Waals surface area (Å²) in [7, 11) is 0. The van der Waals surface area contributed by atoms with Crippen molar-refractivity contribution in [2.24, 2.45) is 5.92 Å². The van der Waals surface area contributed by atoms with E-state index >= 15 is 0 Å². The highest BCUT2D eigenvalue weighted by Crippen LogP contribution is 2.12. The fourth-order valence-electron chi connectivity index (χ4n) is 1.46. The zero-order valence-electron chi connectivity index (χ0n) is 9.26. The molecule has 1 atom stereocenters. The van der Waals surface area contributed by atoms with E-state index in [1.807, 2.05) is 6.33 Å². The van der Waals surface area contributed by atoms with Crippen molar-refractivity contribution in [1.82, 2.24) is 9.55 Å². The lowest BCUT2D eigenvalue weighted by atomic mass is 10.1. The summed E-state index contributed by atoms with van der Waals surface area (Å²) in [5.74, 6) is 0.788. The second-order valence-corrected chi connectivity index (χ2v) is 4.77. The topological polar surface area (TPSA) is 17.8 Å². The summed E-state index contributed by atoms with van der Waals surface area (Å²) >= 11 is 3.48. The number of aromatic nitrogens is 2. The van der Waals surface area contributed by atoms with Crippen LogP contribution in [0.5, 0.6) is 0 Å². The molecule has 1 heterocycles. The van der Waals surface area contributed by atoms with E-state index in [0.29, 0.717) is 0 Å². The molecule has 0 bridgehead atoms. The van der Waals surface area contributed by atoms with Crippen LogP contribution in [0.25, 0.3) is 0 Å². The molecule has 2 nitrogen and oxygen atoms in total. The van der Waals surface area contributed by atoms with Crippen molar-refractivity contribution in [2.75, 3.05) is 5.33 Å². The van der Waals surface area contributed by atoms with Gasteiger partial charge >= 0.3 is 0 Å². The maximum Gasteiger partial charge on any atom is 0.0951 e. The van der Waals surface area contributed by atoms with Gasteiger partial charge in [0.05, 0.1) is 12.0 Å². The van der Waals surface area contributed by atoms with Crippen LogP contribution >= 0.6 is 15.9 Å². The average Bonchev–Trinajstić information content (AvgIpc) is 2.46. The smallest absolute Gasteiger partial charge is 0.0951 e. The molecule has 0 aliphatic heterocycles. The largest absolute Gasteiger partial charge is 0.335 e. The van der Waals surface area contributed by atoms with Crippen LogP contribution < -0.4 is 0 Å². The van der Waals surface area contributed by atoms with Gasteiger partial charge in [-0.3, -0.25) is 0 Å². The number of alkyl halides is 1. The highest BCUT2D eigenvalue weighted by Gasteiger charge is 2.04. The van der Waals surface area contributed by atoms with Crippen molar-refractivity contribution in [3.05, 3.63) is 17.7 Å². The van der Waals surface area contributed by atoms with Gasteiger partial charge in [-0.2, -0.15) is 0 Å². The summed E-state index contributed by atoms with van der Waals surface area (Å²) in [5, 5.41) is 1.11. The predicted octanol–water partition coefficient (Wildman–Crippen LogP) is 3.31. The van der Waals surface area contributed by atoms with Gasteiger partial charge in [0.25, 0.3) is 0 Å². The van der Waals surface area contributed by atoms with Gasteiger partial charge in [-0.1, -0.05) is 22.9 Å². The van der Waals surface area contributed by atoms with Gasteiger partial charge in [0.15, 0.2) is 0 Å². The van der Waals surface area contributed by atoms with Crippen LogP contribution in [0.3, 0.4) is 0 Å². The molecular formula is C11H19BrN2. The number of rotatable bonds is 5. The molecule has 0 aliphatic rings. The summed E-state index contributed by atoms with van der Waals surface area (Å²) < 4.78 is 2.25. The summed E-state index contributed by atoms with van der Waals surface area (Å²) in [5.41, 5.74) is 2.45. The molecule has 80 valence electrons. The number of imidazole rings is 1. The highest BCUT2D eigenvalue weighted by atomic mass is 79.9. The van der Waals surface area contributed by atoms with E-state index < -0.39 is 0 Å². The Morgan fingerprint density at radius 1 is 1.43 bits per heavy atom. The van der Waals surface area contributed by atoms with Crippen LogP contribution in [0.4, 0.5) is 0 Å². The van der Waals surface area contributed by atoms with Crippen molar-refractivity contribution < 1.29 is 0 Å². The van der Waals surface area contributed by atoms with Gasteiger partial charge in [0.2, 0.25) is 0 Å². The number of aryl methyl sites for hydroxylation is 2. The van der Waals surface area contributed by atoms with E-state index in [0.717, 1.165) is 23.5 Å². The molecule has 1 rings (SSSR count). The predicted molar refractivity (Wildman–Crippen MR) is 63.9 cm³/mol. The Labute approximate surface area is 94.9 Å². The van der Waals surface area contributed by atoms with Gasteiger partial charge in [0, 0.05) is 17.6 Å². The highest BCUT2D eigenvalue weighted by molar-refractivity contribution is 9.09. The Kier molecular flexibility index (Phi) is 4.66. The molecule has 0 amide bonds. The Bertz CT molecular complexity index is 281. The van der Waals surface area contributed by atoms with E-state index in [2.05, 4.69) is 46.3 Å². The quantitative estimate of drug-likeness (QED) is 0.742. The van der Waals surface area contributed by atoms with Crippen LogP contribution in [-0.4, -0.2) is 14.9 Å². The molecule has 0 spiro atoms. The van der Waals surface area contributed by atoms with E-state index in [1.165, 1.54) is 18.5 Å². The first-order chi connectivity index (χ1) is 6.65. The van der Waals surface area contributed by atoms with Gasteiger partial charge in [-0.15, -0.1) is 0 Å². The Morgan fingerprint density at radius 2 is 2.14 bits per heavy atom. The second kappa shape index (κ2) is 5.54. The molecular weight excluding hydrogens is 240 g/mol. The zero-order chi connectivity index (χ0) is 10.6. The van der Waals surface area contributed by atoms with Crippen molar-refractivity contribution >= 4 is 15.9 Å². The van der Waals surface area contributed by atoms with Crippen LogP contribution in [0, 0.1) is 19.8 Å². The molecule has 0 aliphatic carbocycles. The summed E-state index contributed by atoms with van der Waals surface area (Å²) in [6.07, 6.45) is 4.44. The summed E-state index contributed by atoms with van der Waals surface area (Å²) in [4.78, 5) is 4.29. The molecule has 0 saturated heterocycles. The molecule has 1 aromatic heterocycles. The molecule has 0 saturated carbocycles. The van der Waals surface area contributed by atoms with E-state index in [-0.39, 0.29) is 0 Å². The van der Waals surface area contributed by atoms with Crippen LogP contribution in [0.2, 0.25) is 0 Å².